The van der Waals surface area contributed by atoms with Crippen LogP contribution in [0.1, 0.15) is 0 Å². The Hall–Kier alpha value is -3.43. The number of carbonyl (C=O) groups is 1. The van der Waals surface area contributed by atoms with Gasteiger partial charge in [0.2, 0.25) is 5.69 Å². The summed E-state index contributed by atoms with van der Waals surface area (Å²) >= 11 is 0. The minimum Gasteiger partial charge on any atom is -0.452 e. The topological polar surface area (TPSA) is 128 Å². The number of nitrogens with zero attached hydrogens (tertiary/aromatic N) is 3. The maximum Gasteiger partial charge on any atom is 0.425 e. The third-order valence-electron chi connectivity index (χ3n) is 2.63. The van der Waals surface area contributed by atoms with E-state index in [0.717, 1.165) is 18.0 Å². The van der Waals surface area contributed by atoms with Gasteiger partial charge in [0.05, 0.1) is 17.7 Å². The lowest BCUT2D eigenvalue weighted by Crippen LogP contribution is -2.34. The van der Waals surface area contributed by atoms with Crippen molar-refractivity contribution in [1.82, 2.24) is 15.2 Å². The quantitative estimate of drug-likeness (QED) is 0.632. The van der Waals surface area contributed by atoms with E-state index in [-0.39, 0.29) is 0 Å². The number of nitro groups is 1. The molecule has 0 saturated carbocycles. The molecule has 0 radical (unpaired) electrons. The number of rotatable bonds is 4. The van der Waals surface area contributed by atoms with Gasteiger partial charge in [0.15, 0.2) is 0 Å². The molecule has 0 fully saturated rings. The highest BCUT2D eigenvalue weighted by Crippen LogP contribution is 2.18. The number of nitrogens with one attached hydrogen (secondary N) is 2. The summed E-state index contributed by atoms with van der Waals surface area (Å²) in [5.74, 6) is 0. The van der Waals surface area contributed by atoms with Crippen molar-refractivity contribution in [3.8, 4) is 5.69 Å². The number of amides is 1. The molecule has 0 aliphatic carbocycles. The number of hydrogen-bond acceptors (Lipinski definition) is 7. The van der Waals surface area contributed by atoms with E-state index in [9.17, 15) is 19.7 Å². The van der Waals surface area contributed by atoms with Gasteiger partial charge in [0, 0.05) is 0 Å². The average molecular weight is 305 g/mol. The van der Waals surface area contributed by atoms with Crippen LogP contribution in [0, 0.1) is 10.1 Å². The van der Waals surface area contributed by atoms with Gasteiger partial charge >= 0.3 is 17.3 Å². The summed E-state index contributed by atoms with van der Waals surface area (Å²) in [6.45, 7) is 0. The van der Waals surface area contributed by atoms with Gasteiger partial charge in [-0.3, -0.25) is 20.3 Å². The first-order chi connectivity index (χ1) is 10.5. The number of aromatic nitrogens is 2. The maximum atomic E-state index is 12.3. The Bertz CT molecular complexity index is 758. The normalized spacial score (nSPS) is 9.86. The Kier molecular flexibility index (Phi) is 4.32. The molecule has 1 aromatic carbocycles. The molecule has 114 valence electrons. The second kappa shape index (κ2) is 6.35. The van der Waals surface area contributed by atoms with Crippen LogP contribution in [-0.4, -0.2) is 27.9 Å². The molecule has 1 heterocycles. The fourth-order valence-corrected chi connectivity index (χ4v) is 1.62. The van der Waals surface area contributed by atoms with Gasteiger partial charge in [-0.25, -0.2) is 10.2 Å². The molecule has 0 atom stereocenters. The third kappa shape index (κ3) is 3.00. The fraction of sp³-hybridized carbons (Fsp3) is 0.0833. The van der Waals surface area contributed by atoms with Crippen LogP contribution >= 0.6 is 0 Å². The Morgan fingerprint density at radius 3 is 2.64 bits per heavy atom. The van der Waals surface area contributed by atoms with Crippen LogP contribution in [0.15, 0.2) is 41.3 Å². The lowest BCUT2D eigenvalue weighted by Gasteiger charge is -2.09. The Balaban J connectivity index is 2.50. The summed E-state index contributed by atoms with van der Waals surface area (Å²) in [6, 6.07) is 8.34. The molecule has 2 N–H and O–H groups in total. The summed E-state index contributed by atoms with van der Waals surface area (Å²) in [5.41, 5.74) is 2.80. The zero-order valence-electron chi connectivity index (χ0n) is 11.3. The molecule has 1 aromatic heterocycles. The van der Waals surface area contributed by atoms with Gasteiger partial charge < -0.3 is 4.74 Å². The van der Waals surface area contributed by atoms with Gasteiger partial charge in [0.1, 0.15) is 6.20 Å². The van der Waals surface area contributed by atoms with Crippen LogP contribution in [-0.2, 0) is 4.74 Å². The van der Waals surface area contributed by atoms with Gasteiger partial charge in [0.25, 0.3) is 0 Å². The van der Waals surface area contributed by atoms with Crippen molar-refractivity contribution < 1.29 is 14.5 Å². The molecule has 0 saturated heterocycles. The highest BCUT2D eigenvalue weighted by molar-refractivity contribution is 5.71. The van der Waals surface area contributed by atoms with Crippen LogP contribution in [0.2, 0.25) is 0 Å². The summed E-state index contributed by atoms with van der Waals surface area (Å²) < 4.78 is 5.29. The molecule has 0 aliphatic heterocycles. The molecule has 0 aliphatic rings. The van der Waals surface area contributed by atoms with Crippen LogP contribution in [0.4, 0.5) is 16.2 Å². The molecule has 0 bridgehead atoms. The molecule has 0 spiro atoms. The molecular weight excluding hydrogens is 294 g/mol. The minimum absolute atomic E-state index is 0.420. The first-order valence-corrected chi connectivity index (χ1v) is 5.96. The highest BCUT2D eigenvalue weighted by atomic mass is 16.6. The van der Waals surface area contributed by atoms with E-state index in [4.69, 9.17) is 0 Å². The first-order valence-electron chi connectivity index (χ1n) is 5.96. The number of hydrogen-bond donors (Lipinski definition) is 2. The van der Waals surface area contributed by atoms with E-state index in [2.05, 4.69) is 15.3 Å². The van der Waals surface area contributed by atoms with Gasteiger partial charge in [-0.05, 0) is 12.1 Å². The predicted molar refractivity (Wildman–Crippen MR) is 75.7 cm³/mol. The monoisotopic (exact) mass is 305 g/mol. The number of methoxy groups -OCH3 is 1. The minimum atomic E-state index is -0.906. The second-order valence-electron chi connectivity index (χ2n) is 3.96. The highest BCUT2D eigenvalue weighted by Gasteiger charge is 2.21. The van der Waals surface area contributed by atoms with E-state index >= 15 is 0 Å². The van der Waals surface area contributed by atoms with Crippen molar-refractivity contribution in [1.29, 1.82) is 0 Å². The van der Waals surface area contributed by atoms with Crippen LogP contribution in [0.5, 0.6) is 0 Å². The van der Waals surface area contributed by atoms with E-state index in [1.807, 2.05) is 5.43 Å². The fourth-order valence-electron chi connectivity index (χ4n) is 1.62. The van der Waals surface area contributed by atoms with Crippen molar-refractivity contribution >= 4 is 17.5 Å². The Morgan fingerprint density at radius 2 is 2.05 bits per heavy atom. The van der Waals surface area contributed by atoms with Crippen molar-refractivity contribution in [2.24, 2.45) is 0 Å². The lowest BCUT2D eigenvalue weighted by molar-refractivity contribution is -0.384. The van der Waals surface area contributed by atoms with Crippen molar-refractivity contribution in [3.05, 3.63) is 57.0 Å². The number of para-hydroxylation sites is 1. The molecule has 0 unspecified atom stereocenters. The number of benzene rings is 1. The summed E-state index contributed by atoms with van der Waals surface area (Å²) in [7, 11) is 1.11. The average Bonchev–Trinajstić information content (AvgIpc) is 2.53. The van der Waals surface area contributed by atoms with Gasteiger partial charge in [-0.1, -0.05) is 18.2 Å². The summed E-state index contributed by atoms with van der Waals surface area (Å²) in [5, 5.41) is 14.7. The maximum absolute atomic E-state index is 12.3. The number of anilines is 1. The Morgan fingerprint density at radius 1 is 1.36 bits per heavy atom. The summed E-state index contributed by atoms with van der Waals surface area (Å²) in [6.07, 6.45) is 0.00663. The molecule has 2 rings (SSSR count). The predicted octanol–water partition coefficient (Wildman–Crippen LogP) is 0.824. The number of carbonyl (C=O) groups excluding carboxylic acids is 1. The zero-order valence-corrected chi connectivity index (χ0v) is 11.3. The van der Waals surface area contributed by atoms with E-state index in [1.165, 1.54) is 0 Å². The van der Waals surface area contributed by atoms with E-state index < -0.39 is 28.0 Å². The second-order valence-corrected chi connectivity index (χ2v) is 3.96. The van der Waals surface area contributed by atoms with Crippen molar-refractivity contribution in [2.45, 2.75) is 0 Å². The van der Waals surface area contributed by atoms with E-state index in [1.54, 1.807) is 30.3 Å². The standard InChI is InChI=1S/C12H11N5O5/c1-22-12(19)15-14-10-9(17(20)21)7-13-16(11(10)18)8-5-3-2-4-6-8/h2-7,14H,1H3,(H,15,19). The number of ether oxygens (including phenoxy) is 1. The number of hydrazine groups is 1. The summed E-state index contributed by atoms with van der Waals surface area (Å²) in [4.78, 5) is 33.6. The molecule has 1 amide bonds. The Labute approximate surface area is 123 Å². The molecular formula is C12H11N5O5. The third-order valence-corrected chi connectivity index (χ3v) is 2.63. The smallest absolute Gasteiger partial charge is 0.425 e. The first kappa shape index (κ1) is 15.0. The molecule has 22 heavy (non-hydrogen) atoms. The van der Waals surface area contributed by atoms with Crippen LogP contribution in [0.3, 0.4) is 0 Å². The lowest BCUT2D eigenvalue weighted by atomic mass is 10.3. The van der Waals surface area contributed by atoms with E-state index in [0.29, 0.717) is 5.69 Å². The molecule has 2 aromatic rings. The molecule has 10 nitrogen and oxygen atoms in total. The van der Waals surface area contributed by atoms with Crippen LogP contribution < -0.4 is 16.4 Å². The van der Waals surface area contributed by atoms with Gasteiger partial charge in [-0.2, -0.15) is 9.78 Å². The molecule has 10 heteroatoms. The van der Waals surface area contributed by atoms with Crippen LogP contribution in [0.25, 0.3) is 5.69 Å². The largest absolute Gasteiger partial charge is 0.452 e. The van der Waals surface area contributed by atoms with Crippen molar-refractivity contribution in [2.75, 3.05) is 12.5 Å². The SMILES string of the molecule is COC(=O)NNc1c([N+](=O)[O-])cnn(-c2ccccc2)c1=O. The van der Waals surface area contributed by atoms with Gasteiger partial charge in [-0.15, -0.1) is 0 Å². The zero-order chi connectivity index (χ0) is 16.1. The van der Waals surface area contributed by atoms with Crippen molar-refractivity contribution in [3.63, 3.8) is 0 Å².